The van der Waals surface area contributed by atoms with Crippen LogP contribution in [0.3, 0.4) is 0 Å². The molecule has 1 fully saturated rings. The SMILES string of the molecule is Br.Br.[Ti][C]1=C(C2CCCCC2)C=CC1. The Kier molecular flexibility index (Phi) is 8.04. The Morgan fingerprint density at radius 1 is 1.07 bits per heavy atom. The summed E-state index contributed by atoms with van der Waals surface area (Å²) in [6.45, 7) is 0. The van der Waals surface area contributed by atoms with E-state index in [9.17, 15) is 0 Å². The maximum absolute atomic E-state index is 2.37. The number of rotatable bonds is 1. The predicted octanol–water partition coefficient (Wildman–Crippen LogP) is 4.48. The van der Waals surface area contributed by atoms with E-state index in [0.29, 0.717) is 0 Å². The van der Waals surface area contributed by atoms with Crippen molar-refractivity contribution in [3.05, 3.63) is 21.6 Å². The molecule has 0 atom stereocenters. The van der Waals surface area contributed by atoms with Gasteiger partial charge in [0.2, 0.25) is 0 Å². The van der Waals surface area contributed by atoms with E-state index in [-0.39, 0.29) is 34.0 Å². The van der Waals surface area contributed by atoms with Crippen molar-refractivity contribution in [2.45, 2.75) is 38.5 Å². The number of halogens is 2. The fourth-order valence-electron chi connectivity index (χ4n) is 2.32. The van der Waals surface area contributed by atoms with Crippen molar-refractivity contribution in [1.29, 1.82) is 0 Å². The molecule has 0 nitrogen and oxygen atoms in total. The molecule has 2 aliphatic carbocycles. The summed E-state index contributed by atoms with van der Waals surface area (Å²) in [7, 11) is 0. The average Bonchev–Trinajstić information content (AvgIpc) is 2.53. The van der Waals surface area contributed by atoms with Crippen LogP contribution in [0.2, 0.25) is 0 Å². The monoisotopic (exact) mass is 355 g/mol. The Labute approximate surface area is 120 Å². The van der Waals surface area contributed by atoms with Crippen molar-refractivity contribution in [3.8, 4) is 0 Å². The summed E-state index contributed by atoms with van der Waals surface area (Å²) in [5.41, 5.74) is 1.68. The minimum absolute atomic E-state index is 0. The first-order chi connectivity index (χ1) is 5.88. The predicted molar refractivity (Wildman–Crippen MR) is 68.0 cm³/mol. The van der Waals surface area contributed by atoms with Crippen molar-refractivity contribution in [2.24, 2.45) is 5.92 Å². The molecule has 0 amide bonds. The van der Waals surface area contributed by atoms with Crippen LogP contribution in [-0.4, -0.2) is 0 Å². The second-order valence-electron chi connectivity index (χ2n) is 3.88. The topological polar surface area (TPSA) is 0 Å². The first-order valence-corrected chi connectivity index (χ1v) is 5.77. The van der Waals surface area contributed by atoms with Crippen LogP contribution in [0.4, 0.5) is 0 Å². The van der Waals surface area contributed by atoms with Gasteiger partial charge in [-0.1, -0.05) is 0 Å². The zero-order valence-corrected chi connectivity index (χ0v) is 13.3. The van der Waals surface area contributed by atoms with Gasteiger partial charge in [-0.25, -0.2) is 0 Å². The first-order valence-electron chi connectivity index (χ1n) is 4.99. The van der Waals surface area contributed by atoms with Gasteiger partial charge in [0.05, 0.1) is 0 Å². The average molecular weight is 357 g/mol. The van der Waals surface area contributed by atoms with Crippen LogP contribution in [0.5, 0.6) is 0 Å². The van der Waals surface area contributed by atoms with Gasteiger partial charge in [-0.05, 0) is 0 Å². The van der Waals surface area contributed by atoms with E-state index in [0.717, 1.165) is 5.92 Å². The van der Waals surface area contributed by atoms with Gasteiger partial charge in [-0.2, -0.15) is 0 Å². The maximum atomic E-state index is 2.37. The van der Waals surface area contributed by atoms with E-state index >= 15 is 0 Å². The summed E-state index contributed by atoms with van der Waals surface area (Å²) in [4.78, 5) is 0. The summed E-state index contributed by atoms with van der Waals surface area (Å²) in [6.07, 6.45) is 13.2. The fourth-order valence-corrected chi connectivity index (χ4v) is 2.95. The van der Waals surface area contributed by atoms with E-state index in [1.165, 1.54) is 38.5 Å². The summed E-state index contributed by atoms with van der Waals surface area (Å²) in [5, 5.41) is 0. The van der Waals surface area contributed by atoms with Crippen LogP contribution >= 0.6 is 34.0 Å². The molecule has 0 bridgehead atoms. The van der Waals surface area contributed by atoms with Gasteiger partial charge in [-0.3, -0.25) is 0 Å². The van der Waals surface area contributed by atoms with Crippen LogP contribution in [0.15, 0.2) is 21.6 Å². The molecular formula is C11H17Br2Ti. The van der Waals surface area contributed by atoms with Gasteiger partial charge < -0.3 is 0 Å². The molecule has 0 saturated heterocycles. The van der Waals surface area contributed by atoms with Crippen molar-refractivity contribution in [3.63, 3.8) is 0 Å². The number of hydrogen-bond acceptors (Lipinski definition) is 0. The van der Waals surface area contributed by atoms with Crippen molar-refractivity contribution in [2.75, 3.05) is 0 Å². The molecule has 1 saturated carbocycles. The molecule has 0 unspecified atom stereocenters. The third-order valence-corrected chi connectivity index (χ3v) is 3.78. The molecular weight excluding hydrogens is 340 g/mol. The van der Waals surface area contributed by atoms with Crippen LogP contribution < -0.4 is 0 Å². The molecule has 0 N–H and O–H groups in total. The summed E-state index contributed by atoms with van der Waals surface area (Å²) in [6, 6.07) is 0. The molecule has 2 aliphatic rings. The van der Waals surface area contributed by atoms with E-state index in [1.807, 2.05) is 0 Å². The standard InChI is InChI=1S/C11H15.2BrH.Ti/c1-2-6-10(7-3-1)11-8-4-5-9-11;;;/h4,8,10H,1-3,5-7H2;2*1H;. The Bertz CT molecular complexity index is 227. The van der Waals surface area contributed by atoms with E-state index in [4.69, 9.17) is 0 Å². The molecule has 0 radical (unpaired) electrons. The zero-order chi connectivity index (χ0) is 8.39. The molecule has 0 aromatic rings. The van der Waals surface area contributed by atoms with E-state index in [1.54, 1.807) is 9.45 Å². The molecule has 0 aromatic carbocycles. The second kappa shape index (κ2) is 7.43. The Morgan fingerprint density at radius 2 is 1.71 bits per heavy atom. The minimum atomic E-state index is 0. The fraction of sp³-hybridized carbons (Fsp3) is 0.636. The molecule has 0 aliphatic heterocycles. The molecule has 2 rings (SSSR count). The van der Waals surface area contributed by atoms with Crippen LogP contribution in [0.1, 0.15) is 38.5 Å². The van der Waals surface area contributed by atoms with Crippen molar-refractivity contribution >= 4 is 34.0 Å². The van der Waals surface area contributed by atoms with Crippen LogP contribution in [0.25, 0.3) is 0 Å². The first kappa shape index (κ1) is 15.2. The van der Waals surface area contributed by atoms with Gasteiger partial charge in [0.25, 0.3) is 0 Å². The summed E-state index contributed by atoms with van der Waals surface area (Å²) >= 11 is 2.30. The molecule has 14 heavy (non-hydrogen) atoms. The van der Waals surface area contributed by atoms with Gasteiger partial charge >= 0.3 is 86.5 Å². The van der Waals surface area contributed by atoms with Gasteiger partial charge in [-0.15, -0.1) is 34.0 Å². The van der Waals surface area contributed by atoms with E-state index < -0.39 is 0 Å². The number of allylic oxidation sites excluding steroid dienone is 4. The van der Waals surface area contributed by atoms with Gasteiger partial charge in [0, 0.05) is 0 Å². The quantitative estimate of drug-likeness (QED) is 0.607. The van der Waals surface area contributed by atoms with Gasteiger partial charge in [0.15, 0.2) is 0 Å². The molecule has 0 heterocycles. The summed E-state index contributed by atoms with van der Waals surface area (Å²) in [5.74, 6) is 0.914. The van der Waals surface area contributed by atoms with Crippen molar-refractivity contribution in [1.82, 2.24) is 0 Å². The molecule has 79 valence electrons. The zero-order valence-electron chi connectivity index (χ0n) is 8.29. The Hall–Kier alpha value is 1.15. The number of hydrogen-bond donors (Lipinski definition) is 0. The van der Waals surface area contributed by atoms with E-state index in [2.05, 4.69) is 32.6 Å². The van der Waals surface area contributed by atoms with Crippen LogP contribution in [-0.2, 0) is 20.4 Å². The molecule has 0 aromatic heterocycles. The van der Waals surface area contributed by atoms with Gasteiger partial charge in [0.1, 0.15) is 0 Å². The third kappa shape index (κ3) is 3.62. The van der Waals surface area contributed by atoms with Crippen LogP contribution in [0, 0.1) is 5.92 Å². The van der Waals surface area contributed by atoms with Crippen molar-refractivity contribution < 1.29 is 20.4 Å². The Morgan fingerprint density at radius 3 is 2.21 bits per heavy atom. The second-order valence-corrected chi connectivity index (χ2v) is 4.82. The Balaban J connectivity index is 0.000000845. The molecule has 3 heteroatoms. The normalized spacial score (nSPS) is 21.6. The molecule has 0 spiro atoms. The third-order valence-electron chi connectivity index (χ3n) is 3.01. The summed E-state index contributed by atoms with van der Waals surface area (Å²) < 4.78 is 1.63.